The Labute approximate surface area is 126 Å². The summed E-state index contributed by atoms with van der Waals surface area (Å²) < 4.78 is 40.7. The second kappa shape index (κ2) is 5.28. The molecule has 2 N–H and O–H groups in total. The van der Waals surface area contributed by atoms with Gasteiger partial charge < -0.3 is 10.1 Å². The van der Waals surface area contributed by atoms with Crippen LogP contribution in [0.2, 0.25) is 0 Å². The average molecular weight is 319 g/mol. The van der Waals surface area contributed by atoms with Crippen molar-refractivity contribution < 1.29 is 23.1 Å². The van der Waals surface area contributed by atoms with Gasteiger partial charge in [-0.3, -0.25) is 4.79 Å². The van der Waals surface area contributed by atoms with Crippen molar-refractivity contribution in [3.8, 4) is 11.3 Å². The number of nitrogens with one attached hydrogen (secondary N) is 1. The molecule has 0 aliphatic carbocycles. The van der Waals surface area contributed by atoms with Gasteiger partial charge in [-0.15, -0.1) is 0 Å². The number of aromatic amines is 1. The van der Waals surface area contributed by atoms with Crippen LogP contribution in [0.15, 0.2) is 41.2 Å². The van der Waals surface area contributed by atoms with E-state index in [9.17, 15) is 27.9 Å². The van der Waals surface area contributed by atoms with Gasteiger partial charge >= 0.3 is 5.97 Å². The normalized spacial score (nSPS) is 10.9. The highest BCUT2D eigenvalue weighted by Gasteiger charge is 2.23. The van der Waals surface area contributed by atoms with Crippen LogP contribution in [0.25, 0.3) is 22.2 Å². The minimum Gasteiger partial charge on any atom is -0.477 e. The molecule has 0 aliphatic rings. The molecular weight excluding hydrogens is 311 g/mol. The zero-order valence-corrected chi connectivity index (χ0v) is 11.4. The summed E-state index contributed by atoms with van der Waals surface area (Å²) in [5, 5.41) is 8.71. The minimum atomic E-state index is -1.74. The highest BCUT2D eigenvalue weighted by molar-refractivity contribution is 5.99. The van der Waals surface area contributed by atoms with E-state index in [1.165, 1.54) is 12.1 Å². The van der Waals surface area contributed by atoms with Crippen molar-refractivity contribution in [1.29, 1.82) is 0 Å². The second-order valence-electron chi connectivity index (χ2n) is 4.78. The van der Waals surface area contributed by atoms with E-state index in [0.29, 0.717) is 11.6 Å². The molecule has 0 bridgehead atoms. The summed E-state index contributed by atoms with van der Waals surface area (Å²) in [7, 11) is 0. The molecule has 0 atom stereocenters. The Balaban J connectivity index is 2.52. The van der Waals surface area contributed by atoms with Gasteiger partial charge in [-0.1, -0.05) is 30.3 Å². The van der Waals surface area contributed by atoms with Crippen LogP contribution < -0.4 is 5.43 Å². The lowest BCUT2D eigenvalue weighted by Gasteiger charge is -2.10. The highest BCUT2D eigenvalue weighted by atomic mass is 19.2. The Kier molecular flexibility index (Phi) is 3.40. The molecule has 7 heteroatoms. The number of rotatable bonds is 2. The molecule has 2 aromatic carbocycles. The van der Waals surface area contributed by atoms with Gasteiger partial charge in [-0.05, 0) is 11.6 Å². The molecule has 23 heavy (non-hydrogen) atoms. The first-order chi connectivity index (χ1) is 10.9. The fourth-order valence-electron chi connectivity index (χ4n) is 2.36. The first kappa shape index (κ1) is 14.8. The number of aromatic carboxylic acids is 1. The van der Waals surface area contributed by atoms with E-state index in [1.54, 1.807) is 18.2 Å². The van der Waals surface area contributed by atoms with E-state index >= 15 is 0 Å². The number of halogens is 3. The molecule has 0 amide bonds. The fourth-order valence-corrected chi connectivity index (χ4v) is 2.36. The lowest BCUT2D eigenvalue weighted by molar-refractivity contribution is 0.0696. The maximum atomic E-state index is 13.9. The number of hydrogen-bond acceptors (Lipinski definition) is 2. The molecule has 3 rings (SSSR count). The number of carboxylic acid groups (broad SMARTS) is 1. The standard InChI is InChI=1S/C16H8F3NO3/c17-9-6-8-14(12(19)11(9)18)20-13(7-4-2-1-3-5-7)10(15(8)21)16(22)23/h1-6H,(H,20,21)(H,22,23). The first-order valence-electron chi connectivity index (χ1n) is 6.44. The Morgan fingerprint density at radius 1 is 1.04 bits per heavy atom. The number of pyridine rings is 1. The number of carbonyl (C=O) groups is 1. The number of carboxylic acids is 1. The number of benzene rings is 2. The van der Waals surface area contributed by atoms with E-state index in [1.807, 2.05) is 0 Å². The Morgan fingerprint density at radius 2 is 1.70 bits per heavy atom. The van der Waals surface area contributed by atoms with Crippen LogP contribution in [0.1, 0.15) is 10.4 Å². The Bertz CT molecular complexity index is 997. The van der Waals surface area contributed by atoms with E-state index in [0.717, 1.165) is 0 Å². The van der Waals surface area contributed by atoms with Crippen LogP contribution in [0.5, 0.6) is 0 Å². The van der Waals surface area contributed by atoms with Gasteiger partial charge in [-0.25, -0.2) is 18.0 Å². The largest absolute Gasteiger partial charge is 0.477 e. The first-order valence-corrected chi connectivity index (χ1v) is 6.44. The molecule has 1 aromatic heterocycles. The van der Waals surface area contributed by atoms with E-state index < -0.39 is 45.3 Å². The summed E-state index contributed by atoms with van der Waals surface area (Å²) in [6.07, 6.45) is 0. The second-order valence-corrected chi connectivity index (χ2v) is 4.78. The van der Waals surface area contributed by atoms with Crippen molar-refractivity contribution in [3.05, 3.63) is 69.6 Å². The average Bonchev–Trinajstić information content (AvgIpc) is 2.54. The summed E-state index contributed by atoms with van der Waals surface area (Å²) >= 11 is 0. The fraction of sp³-hybridized carbons (Fsp3) is 0. The van der Waals surface area contributed by atoms with Crippen LogP contribution in [0, 0.1) is 17.5 Å². The summed E-state index contributed by atoms with van der Waals surface area (Å²) in [5.74, 6) is -6.44. The van der Waals surface area contributed by atoms with Crippen molar-refractivity contribution in [1.82, 2.24) is 4.98 Å². The lowest BCUT2D eigenvalue weighted by Crippen LogP contribution is -2.19. The molecule has 1 heterocycles. The molecule has 116 valence electrons. The molecule has 0 radical (unpaired) electrons. The van der Waals surface area contributed by atoms with Gasteiger partial charge in [0.25, 0.3) is 0 Å². The van der Waals surface area contributed by atoms with E-state index in [-0.39, 0.29) is 5.69 Å². The van der Waals surface area contributed by atoms with Crippen molar-refractivity contribution in [2.24, 2.45) is 0 Å². The topological polar surface area (TPSA) is 70.2 Å². The molecule has 0 saturated heterocycles. The van der Waals surface area contributed by atoms with Crippen molar-refractivity contribution in [2.45, 2.75) is 0 Å². The summed E-state index contributed by atoms with van der Waals surface area (Å²) in [6.45, 7) is 0. The number of hydrogen-bond donors (Lipinski definition) is 2. The maximum Gasteiger partial charge on any atom is 0.341 e. The minimum absolute atomic E-state index is 0.180. The highest BCUT2D eigenvalue weighted by Crippen LogP contribution is 2.25. The third-order valence-corrected chi connectivity index (χ3v) is 3.41. The Morgan fingerprint density at radius 3 is 2.30 bits per heavy atom. The van der Waals surface area contributed by atoms with Gasteiger partial charge in [0.15, 0.2) is 17.5 Å². The van der Waals surface area contributed by atoms with E-state index in [4.69, 9.17) is 0 Å². The quantitative estimate of drug-likeness (QED) is 0.712. The predicted octanol–water partition coefficient (Wildman–Crippen LogP) is 3.31. The van der Waals surface area contributed by atoms with Crippen LogP contribution in [0.4, 0.5) is 13.2 Å². The van der Waals surface area contributed by atoms with Crippen LogP contribution in [-0.4, -0.2) is 16.1 Å². The van der Waals surface area contributed by atoms with Crippen molar-refractivity contribution in [3.63, 3.8) is 0 Å². The Hall–Kier alpha value is -3.09. The predicted molar refractivity (Wildman–Crippen MR) is 76.8 cm³/mol. The maximum absolute atomic E-state index is 13.9. The zero-order valence-electron chi connectivity index (χ0n) is 11.4. The van der Waals surface area contributed by atoms with Gasteiger partial charge in [0, 0.05) is 0 Å². The van der Waals surface area contributed by atoms with Gasteiger partial charge in [0.1, 0.15) is 5.56 Å². The van der Waals surface area contributed by atoms with Crippen LogP contribution in [0.3, 0.4) is 0 Å². The smallest absolute Gasteiger partial charge is 0.341 e. The summed E-state index contributed by atoms with van der Waals surface area (Å²) in [4.78, 5) is 26.1. The number of fused-ring (bicyclic) bond motifs is 1. The van der Waals surface area contributed by atoms with Crippen molar-refractivity contribution in [2.75, 3.05) is 0 Å². The van der Waals surface area contributed by atoms with Crippen LogP contribution in [-0.2, 0) is 0 Å². The van der Waals surface area contributed by atoms with Crippen LogP contribution >= 0.6 is 0 Å². The summed E-state index contributed by atoms with van der Waals surface area (Å²) in [5.41, 5.74) is -2.23. The van der Waals surface area contributed by atoms with Gasteiger partial charge in [0.2, 0.25) is 5.43 Å². The third kappa shape index (κ3) is 2.26. The van der Waals surface area contributed by atoms with Gasteiger partial charge in [0.05, 0.1) is 16.6 Å². The SMILES string of the molecule is O=C(O)c1c(-c2ccccc2)[nH]c2c(F)c(F)c(F)cc2c1=O. The molecular formula is C16H8F3NO3. The molecule has 0 aliphatic heterocycles. The van der Waals surface area contributed by atoms with Crippen molar-refractivity contribution >= 4 is 16.9 Å². The monoisotopic (exact) mass is 319 g/mol. The lowest BCUT2D eigenvalue weighted by atomic mass is 10.0. The summed E-state index contributed by atoms with van der Waals surface area (Å²) in [6, 6.07) is 8.32. The molecule has 4 nitrogen and oxygen atoms in total. The molecule has 0 spiro atoms. The third-order valence-electron chi connectivity index (χ3n) is 3.41. The molecule has 0 saturated carbocycles. The molecule has 0 fully saturated rings. The molecule has 0 unspecified atom stereocenters. The molecule has 3 aromatic rings. The van der Waals surface area contributed by atoms with E-state index in [2.05, 4.69) is 4.98 Å². The number of aromatic nitrogens is 1. The van der Waals surface area contributed by atoms with Gasteiger partial charge in [-0.2, -0.15) is 0 Å². The zero-order chi connectivity index (χ0) is 16.7. The number of H-pyrrole nitrogens is 1.